The third-order valence-corrected chi connectivity index (χ3v) is 12.5. The molecule has 0 spiro atoms. The van der Waals surface area contributed by atoms with Gasteiger partial charge in [-0.05, 0) is 98.1 Å². The second-order valence-electron chi connectivity index (χ2n) is 15.6. The number of nitrogens with one attached hydrogen (secondary N) is 1. The molecule has 0 radical (unpaired) electrons. The maximum absolute atomic E-state index is 5.52. The van der Waals surface area contributed by atoms with Gasteiger partial charge in [-0.25, -0.2) is 4.99 Å². The third-order valence-electron chi connectivity index (χ3n) is 12.5. The summed E-state index contributed by atoms with van der Waals surface area (Å²) in [5.41, 5.74) is 11.8. The average molecular weight is 767 g/mol. The molecule has 12 rings (SSSR count). The van der Waals surface area contributed by atoms with Crippen molar-refractivity contribution in [3.63, 3.8) is 0 Å². The van der Waals surface area contributed by atoms with E-state index in [1.165, 1.54) is 76.0 Å². The van der Waals surface area contributed by atoms with Crippen LogP contribution in [0.25, 0.3) is 92.7 Å². The lowest BCUT2D eigenvalue weighted by Crippen LogP contribution is -2.31. The molecule has 3 heterocycles. The molecule has 2 aromatic heterocycles. The van der Waals surface area contributed by atoms with Gasteiger partial charge in [-0.1, -0.05) is 153 Å². The molecule has 11 aromatic rings. The maximum atomic E-state index is 5.52. The molecule has 0 amide bonds. The fourth-order valence-corrected chi connectivity index (χ4v) is 9.81. The van der Waals surface area contributed by atoms with E-state index in [1.807, 2.05) is 12.2 Å². The molecule has 60 heavy (non-hydrogen) atoms. The van der Waals surface area contributed by atoms with E-state index in [0.29, 0.717) is 0 Å². The van der Waals surface area contributed by atoms with E-state index >= 15 is 0 Å². The minimum atomic E-state index is -0.434. The SMILES string of the molecule is C=CC1=C(C=C)C(c2ccc3c(ccc4ccccc43)c2)=NC(n2c3ccccc3c3cc(-c4cc5c(c6ccccc46)c4ccccc4n5-c4ccccc4)ccc32)N1. The van der Waals surface area contributed by atoms with Gasteiger partial charge in [0.1, 0.15) is 0 Å². The zero-order valence-electron chi connectivity index (χ0n) is 32.8. The minimum absolute atomic E-state index is 0.434. The lowest BCUT2D eigenvalue weighted by atomic mass is 9.94. The Balaban J connectivity index is 1.06. The van der Waals surface area contributed by atoms with Gasteiger partial charge in [0.25, 0.3) is 0 Å². The van der Waals surface area contributed by atoms with Crippen LogP contribution < -0.4 is 5.32 Å². The Morgan fingerprint density at radius 1 is 0.467 bits per heavy atom. The number of nitrogens with zero attached hydrogens (tertiary/aromatic N) is 3. The summed E-state index contributed by atoms with van der Waals surface area (Å²) in [4.78, 5) is 5.52. The quantitative estimate of drug-likeness (QED) is 0.168. The van der Waals surface area contributed by atoms with E-state index in [9.17, 15) is 0 Å². The molecule has 0 fully saturated rings. The van der Waals surface area contributed by atoms with Gasteiger partial charge in [0.15, 0.2) is 0 Å². The number of aliphatic imine (C=N–C) groups is 1. The first-order chi connectivity index (χ1) is 29.7. The molecule has 1 unspecified atom stereocenters. The Labute approximate surface area is 347 Å². The molecule has 9 aromatic carbocycles. The zero-order chi connectivity index (χ0) is 39.9. The number of allylic oxidation sites excluding steroid dienone is 3. The average Bonchev–Trinajstić information content (AvgIpc) is 3.83. The largest absolute Gasteiger partial charge is 0.346 e. The van der Waals surface area contributed by atoms with Crippen LogP contribution in [-0.4, -0.2) is 14.8 Å². The molecular formula is C56H38N4. The molecule has 0 aliphatic carbocycles. The number of hydrogen-bond donors (Lipinski definition) is 1. The maximum Gasteiger partial charge on any atom is 0.201 e. The van der Waals surface area contributed by atoms with Crippen LogP contribution in [0.5, 0.6) is 0 Å². The summed E-state index contributed by atoms with van der Waals surface area (Å²) >= 11 is 0. The second-order valence-corrected chi connectivity index (χ2v) is 15.6. The van der Waals surface area contributed by atoms with Crippen LogP contribution in [0.2, 0.25) is 0 Å². The molecule has 1 aliphatic heterocycles. The number of para-hydroxylation sites is 3. The lowest BCUT2D eigenvalue weighted by molar-refractivity contribution is 0.485. The number of hydrogen-bond acceptors (Lipinski definition) is 2. The van der Waals surface area contributed by atoms with Gasteiger partial charge in [0.2, 0.25) is 6.29 Å². The fourth-order valence-electron chi connectivity index (χ4n) is 9.81. The highest BCUT2D eigenvalue weighted by Gasteiger charge is 2.26. The van der Waals surface area contributed by atoms with Crippen molar-refractivity contribution in [3.05, 3.63) is 224 Å². The van der Waals surface area contributed by atoms with Crippen LogP contribution in [0.1, 0.15) is 11.9 Å². The van der Waals surface area contributed by atoms with Crippen molar-refractivity contribution in [1.82, 2.24) is 14.5 Å². The summed E-state index contributed by atoms with van der Waals surface area (Å²) in [5, 5.41) is 16.0. The fraction of sp³-hybridized carbons (Fsp3) is 0.0179. The van der Waals surface area contributed by atoms with Gasteiger partial charge in [0, 0.05) is 44.1 Å². The first-order valence-electron chi connectivity index (χ1n) is 20.5. The summed E-state index contributed by atoms with van der Waals surface area (Å²) in [5.74, 6) is 0. The smallest absolute Gasteiger partial charge is 0.201 e. The Morgan fingerprint density at radius 2 is 1.12 bits per heavy atom. The third kappa shape index (κ3) is 5.01. The summed E-state index contributed by atoms with van der Waals surface area (Å²) in [6.45, 7) is 8.46. The van der Waals surface area contributed by atoms with Crippen molar-refractivity contribution < 1.29 is 0 Å². The molecule has 1 atom stereocenters. The van der Waals surface area contributed by atoms with Crippen LogP contribution in [0, 0.1) is 0 Å². The highest BCUT2D eigenvalue weighted by atomic mass is 15.3. The van der Waals surface area contributed by atoms with Gasteiger partial charge >= 0.3 is 0 Å². The van der Waals surface area contributed by atoms with E-state index in [2.05, 4.69) is 210 Å². The molecule has 282 valence electrons. The predicted octanol–water partition coefficient (Wildman–Crippen LogP) is 14.2. The standard InChI is InChI=1S/C56H38N4/c1-3-40-49(4-2)57-56(58-55(40)38-28-30-42-36(32-38)27-26-35-16-8-9-19-41(35)42)60-50-24-14-12-21-44(50)48-33-37(29-31-52(48)60)47-34-53-54(45-22-11-10-20-43(45)47)46-23-13-15-25-51(46)59(53)39-17-6-5-7-18-39/h3-34,56-57H,1-2H2. The van der Waals surface area contributed by atoms with E-state index in [0.717, 1.165) is 39.3 Å². The Hall–Kier alpha value is -7.95. The molecule has 4 nitrogen and oxygen atoms in total. The van der Waals surface area contributed by atoms with E-state index in [4.69, 9.17) is 4.99 Å². The van der Waals surface area contributed by atoms with Gasteiger partial charge in [-0.15, -0.1) is 0 Å². The molecule has 1 aliphatic rings. The number of benzene rings is 9. The van der Waals surface area contributed by atoms with Crippen LogP contribution in [0.15, 0.2) is 224 Å². The first kappa shape index (κ1) is 34.1. The number of aromatic nitrogens is 2. The monoisotopic (exact) mass is 766 g/mol. The topological polar surface area (TPSA) is 34.2 Å². The van der Waals surface area contributed by atoms with Crippen molar-refractivity contribution in [2.24, 2.45) is 4.99 Å². The molecular weight excluding hydrogens is 729 g/mol. The van der Waals surface area contributed by atoms with Crippen molar-refractivity contribution in [2.75, 3.05) is 0 Å². The molecule has 0 saturated carbocycles. The van der Waals surface area contributed by atoms with Crippen LogP contribution >= 0.6 is 0 Å². The van der Waals surface area contributed by atoms with E-state index < -0.39 is 6.29 Å². The predicted molar refractivity (Wildman–Crippen MR) is 254 cm³/mol. The number of rotatable bonds is 6. The van der Waals surface area contributed by atoms with Gasteiger partial charge in [-0.3, -0.25) is 0 Å². The van der Waals surface area contributed by atoms with Crippen molar-refractivity contribution in [3.8, 4) is 16.8 Å². The van der Waals surface area contributed by atoms with Gasteiger partial charge in [-0.2, -0.15) is 0 Å². The van der Waals surface area contributed by atoms with E-state index in [1.54, 1.807) is 0 Å². The molecule has 4 heteroatoms. The minimum Gasteiger partial charge on any atom is -0.346 e. The highest BCUT2D eigenvalue weighted by molar-refractivity contribution is 6.25. The molecule has 0 saturated heterocycles. The second kappa shape index (κ2) is 13.3. The van der Waals surface area contributed by atoms with Gasteiger partial charge in [0.05, 0.1) is 27.8 Å². The lowest BCUT2D eigenvalue weighted by Gasteiger charge is -2.28. The summed E-state index contributed by atoms with van der Waals surface area (Å²) < 4.78 is 4.75. The van der Waals surface area contributed by atoms with Crippen molar-refractivity contribution in [2.45, 2.75) is 6.29 Å². The van der Waals surface area contributed by atoms with Crippen molar-refractivity contribution >= 4 is 81.6 Å². The van der Waals surface area contributed by atoms with Crippen molar-refractivity contribution in [1.29, 1.82) is 0 Å². The molecule has 1 N–H and O–H groups in total. The highest BCUT2D eigenvalue weighted by Crippen LogP contribution is 2.43. The van der Waals surface area contributed by atoms with Gasteiger partial charge < -0.3 is 14.5 Å². The first-order valence-corrected chi connectivity index (χ1v) is 20.5. The summed E-state index contributed by atoms with van der Waals surface area (Å²) in [6, 6.07) is 66.0. The molecule has 0 bridgehead atoms. The van der Waals surface area contributed by atoms with Crippen LogP contribution in [0.4, 0.5) is 0 Å². The summed E-state index contributed by atoms with van der Waals surface area (Å²) in [7, 11) is 0. The summed E-state index contributed by atoms with van der Waals surface area (Å²) in [6.07, 6.45) is 3.34. The van der Waals surface area contributed by atoms with Crippen LogP contribution in [0.3, 0.4) is 0 Å². The zero-order valence-corrected chi connectivity index (χ0v) is 32.8. The Morgan fingerprint density at radius 3 is 1.93 bits per heavy atom. The Kier molecular flexibility index (Phi) is 7.56. The van der Waals surface area contributed by atoms with Crippen LogP contribution in [-0.2, 0) is 0 Å². The number of fused-ring (bicyclic) bond motifs is 11. The Bertz CT molecular complexity index is 3670. The normalized spacial score (nSPS) is 14.5. The van der Waals surface area contributed by atoms with E-state index in [-0.39, 0.29) is 0 Å².